The summed E-state index contributed by atoms with van der Waals surface area (Å²) in [7, 11) is 0. The smallest absolute Gasteiger partial charge is 0.159 e. The zero-order valence-corrected chi connectivity index (χ0v) is 12.2. The van der Waals surface area contributed by atoms with Gasteiger partial charge in [0, 0.05) is 12.2 Å². The summed E-state index contributed by atoms with van der Waals surface area (Å²) in [6.07, 6.45) is 2.53. The second-order valence-corrected chi connectivity index (χ2v) is 4.84. The highest BCUT2D eigenvalue weighted by Crippen LogP contribution is 2.26. The Morgan fingerprint density at radius 2 is 1.85 bits per heavy atom. The number of nitrogens with zero attached hydrogens (tertiary/aromatic N) is 2. The number of anilines is 4. The van der Waals surface area contributed by atoms with Crippen LogP contribution in [0.15, 0.2) is 24.5 Å². The summed E-state index contributed by atoms with van der Waals surface area (Å²) in [4.78, 5) is 8.37. The highest BCUT2D eigenvalue weighted by Gasteiger charge is 2.08. The minimum absolute atomic E-state index is 0.541. The number of aromatic nitrogens is 2. The fourth-order valence-corrected chi connectivity index (χ4v) is 1.84. The Labute approximate surface area is 119 Å². The maximum Gasteiger partial charge on any atom is 0.159 e. The van der Waals surface area contributed by atoms with E-state index in [1.165, 1.54) is 17.5 Å². The standard InChI is InChI=1S/C15H21N5/c1-4-7-17-14-13(16)15(19-9-18-14)20-12-6-5-10(2)11(3)8-12/h5-6,8-9H,4,7,16H2,1-3H3,(H2,17,18,19,20). The molecule has 20 heavy (non-hydrogen) atoms. The van der Waals surface area contributed by atoms with Crippen LogP contribution in [0.5, 0.6) is 0 Å². The molecule has 0 aliphatic heterocycles. The fraction of sp³-hybridized carbons (Fsp3) is 0.333. The minimum Gasteiger partial charge on any atom is -0.393 e. The summed E-state index contributed by atoms with van der Waals surface area (Å²) < 4.78 is 0. The van der Waals surface area contributed by atoms with Crippen molar-refractivity contribution in [3.05, 3.63) is 35.7 Å². The van der Waals surface area contributed by atoms with Gasteiger partial charge in [0.15, 0.2) is 11.6 Å². The summed E-state index contributed by atoms with van der Waals surface area (Å²) >= 11 is 0. The number of nitrogens with two attached hydrogens (primary N) is 1. The van der Waals surface area contributed by atoms with Crippen LogP contribution in [0.1, 0.15) is 24.5 Å². The largest absolute Gasteiger partial charge is 0.393 e. The van der Waals surface area contributed by atoms with Crippen LogP contribution >= 0.6 is 0 Å². The van der Waals surface area contributed by atoms with Gasteiger partial charge in [-0.15, -0.1) is 0 Å². The van der Waals surface area contributed by atoms with Gasteiger partial charge in [0.05, 0.1) is 0 Å². The van der Waals surface area contributed by atoms with E-state index in [9.17, 15) is 0 Å². The quantitative estimate of drug-likeness (QED) is 0.778. The topological polar surface area (TPSA) is 75.9 Å². The highest BCUT2D eigenvalue weighted by molar-refractivity contribution is 5.77. The van der Waals surface area contributed by atoms with Crippen LogP contribution < -0.4 is 16.4 Å². The van der Waals surface area contributed by atoms with E-state index in [4.69, 9.17) is 5.73 Å². The van der Waals surface area contributed by atoms with Crippen LogP contribution in [0.4, 0.5) is 23.0 Å². The molecule has 2 aromatic rings. The third-order valence-electron chi connectivity index (χ3n) is 3.20. The predicted molar refractivity (Wildman–Crippen MR) is 84.4 cm³/mol. The first-order valence-electron chi connectivity index (χ1n) is 6.80. The molecule has 1 aromatic heterocycles. The molecule has 0 unspecified atom stereocenters. The van der Waals surface area contributed by atoms with Crippen molar-refractivity contribution >= 4 is 23.0 Å². The lowest BCUT2D eigenvalue weighted by molar-refractivity contribution is 0.966. The molecule has 0 spiro atoms. The van der Waals surface area contributed by atoms with Gasteiger partial charge in [0.25, 0.3) is 0 Å². The summed E-state index contributed by atoms with van der Waals surface area (Å²) in [5.41, 5.74) is 10.1. The number of benzene rings is 1. The van der Waals surface area contributed by atoms with Crippen LogP contribution in [-0.4, -0.2) is 16.5 Å². The number of nitrogens with one attached hydrogen (secondary N) is 2. The molecule has 0 aliphatic carbocycles. The Morgan fingerprint density at radius 3 is 2.55 bits per heavy atom. The van der Waals surface area contributed by atoms with Crippen LogP contribution in [0.3, 0.4) is 0 Å². The first-order valence-corrected chi connectivity index (χ1v) is 6.80. The Hall–Kier alpha value is -2.30. The molecule has 0 amide bonds. The molecule has 0 radical (unpaired) electrons. The van der Waals surface area contributed by atoms with E-state index < -0.39 is 0 Å². The van der Waals surface area contributed by atoms with Crippen molar-refractivity contribution in [3.8, 4) is 0 Å². The molecule has 5 heteroatoms. The third kappa shape index (κ3) is 3.17. The number of rotatable bonds is 5. The molecule has 0 atom stereocenters. The maximum absolute atomic E-state index is 6.09. The molecule has 1 aromatic carbocycles. The average molecular weight is 271 g/mol. The van der Waals surface area contributed by atoms with Gasteiger partial charge in [-0.2, -0.15) is 0 Å². The second kappa shape index (κ2) is 6.23. The first kappa shape index (κ1) is 14.1. The molecule has 1 heterocycles. The van der Waals surface area contributed by atoms with Gasteiger partial charge in [0.2, 0.25) is 0 Å². The summed E-state index contributed by atoms with van der Waals surface area (Å²) in [6, 6.07) is 6.17. The van der Waals surface area contributed by atoms with E-state index in [-0.39, 0.29) is 0 Å². The van der Waals surface area contributed by atoms with Gasteiger partial charge >= 0.3 is 0 Å². The molecule has 0 aliphatic rings. The van der Waals surface area contributed by atoms with E-state index in [0.717, 1.165) is 18.7 Å². The predicted octanol–water partition coefficient (Wildman–Crippen LogP) is 3.24. The molecular formula is C15H21N5. The lowest BCUT2D eigenvalue weighted by Crippen LogP contribution is -2.08. The van der Waals surface area contributed by atoms with Crippen LogP contribution in [0.25, 0.3) is 0 Å². The van der Waals surface area contributed by atoms with Crippen molar-refractivity contribution in [3.63, 3.8) is 0 Å². The number of aryl methyl sites for hydroxylation is 2. The van der Waals surface area contributed by atoms with Gasteiger partial charge < -0.3 is 16.4 Å². The maximum atomic E-state index is 6.09. The molecule has 5 nitrogen and oxygen atoms in total. The minimum atomic E-state index is 0.541. The lowest BCUT2D eigenvalue weighted by atomic mass is 10.1. The zero-order chi connectivity index (χ0) is 14.5. The molecule has 0 bridgehead atoms. The van der Waals surface area contributed by atoms with E-state index >= 15 is 0 Å². The summed E-state index contributed by atoms with van der Waals surface area (Å²) in [6.45, 7) is 7.10. The van der Waals surface area contributed by atoms with E-state index in [0.29, 0.717) is 17.3 Å². The van der Waals surface area contributed by atoms with Crippen molar-refractivity contribution < 1.29 is 0 Å². The average Bonchev–Trinajstić information content (AvgIpc) is 2.44. The molecule has 0 saturated carbocycles. The van der Waals surface area contributed by atoms with Crippen LogP contribution in [-0.2, 0) is 0 Å². The van der Waals surface area contributed by atoms with Crippen molar-refractivity contribution in [2.45, 2.75) is 27.2 Å². The number of hydrogen-bond acceptors (Lipinski definition) is 5. The molecule has 2 rings (SSSR count). The molecule has 4 N–H and O–H groups in total. The molecule has 0 saturated heterocycles. The van der Waals surface area contributed by atoms with Crippen LogP contribution in [0.2, 0.25) is 0 Å². The zero-order valence-electron chi connectivity index (χ0n) is 12.2. The second-order valence-electron chi connectivity index (χ2n) is 4.84. The Balaban J connectivity index is 2.22. The van der Waals surface area contributed by atoms with Gasteiger partial charge in [-0.3, -0.25) is 0 Å². The molecular weight excluding hydrogens is 250 g/mol. The number of nitrogen functional groups attached to an aromatic ring is 1. The van der Waals surface area contributed by atoms with Crippen molar-refractivity contribution in [2.24, 2.45) is 0 Å². The van der Waals surface area contributed by atoms with Gasteiger partial charge in [0.1, 0.15) is 12.0 Å². The monoisotopic (exact) mass is 271 g/mol. The normalized spacial score (nSPS) is 10.3. The van der Waals surface area contributed by atoms with Crippen molar-refractivity contribution in [2.75, 3.05) is 22.9 Å². The fourth-order valence-electron chi connectivity index (χ4n) is 1.84. The van der Waals surface area contributed by atoms with E-state index in [2.05, 4.69) is 53.5 Å². The van der Waals surface area contributed by atoms with Gasteiger partial charge in [-0.25, -0.2) is 9.97 Å². The number of hydrogen-bond donors (Lipinski definition) is 3. The van der Waals surface area contributed by atoms with Crippen molar-refractivity contribution in [1.82, 2.24) is 9.97 Å². The van der Waals surface area contributed by atoms with Gasteiger partial charge in [-0.05, 0) is 43.5 Å². The molecule has 106 valence electrons. The Kier molecular flexibility index (Phi) is 4.40. The third-order valence-corrected chi connectivity index (χ3v) is 3.20. The highest BCUT2D eigenvalue weighted by atomic mass is 15.1. The first-order chi connectivity index (χ1) is 9.61. The summed E-state index contributed by atoms with van der Waals surface area (Å²) in [5.74, 6) is 1.30. The Morgan fingerprint density at radius 1 is 1.10 bits per heavy atom. The summed E-state index contributed by atoms with van der Waals surface area (Å²) in [5, 5.41) is 6.43. The van der Waals surface area contributed by atoms with E-state index in [1.54, 1.807) is 0 Å². The Bertz CT molecular complexity index is 595. The lowest BCUT2D eigenvalue weighted by Gasteiger charge is -2.13. The molecule has 0 fully saturated rings. The van der Waals surface area contributed by atoms with Crippen LogP contribution in [0, 0.1) is 13.8 Å². The van der Waals surface area contributed by atoms with Gasteiger partial charge in [-0.1, -0.05) is 13.0 Å². The van der Waals surface area contributed by atoms with E-state index in [1.807, 2.05) is 6.07 Å². The van der Waals surface area contributed by atoms with Crippen molar-refractivity contribution in [1.29, 1.82) is 0 Å². The SMILES string of the molecule is CCCNc1ncnc(Nc2ccc(C)c(C)c2)c1N.